The zero-order valence-corrected chi connectivity index (χ0v) is 10.1. The average molecular weight is 258 g/mol. The minimum absolute atomic E-state index is 0.199. The molecule has 4 nitrogen and oxygen atoms in total. The van der Waals surface area contributed by atoms with E-state index in [1.165, 1.54) is 0 Å². The Labute approximate surface area is 102 Å². The summed E-state index contributed by atoms with van der Waals surface area (Å²) in [6.07, 6.45) is 1.68. The molecule has 2 N–H and O–H groups in total. The lowest BCUT2D eigenvalue weighted by atomic mass is 9.79. The first-order valence-electron chi connectivity index (χ1n) is 4.59. The first-order chi connectivity index (χ1) is 7.63. The second-order valence-electron chi connectivity index (χ2n) is 3.28. The van der Waals surface area contributed by atoms with Crippen molar-refractivity contribution in [2.45, 2.75) is 6.61 Å². The molecule has 0 saturated heterocycles. The maximum absolute atomic E-state index is 11.2. The standard InChI is InChI=1S/C9H9BClNO3S/c1-16-9(13)12-6-3-2-5-4-15-10(14)7(5)8(6)11/h2-3,14H,4H2,1H3,(H,12,13). The maximum Gasteiger partial charge on any atom is 0.493 e. The van der Waals surface area contributed by atoms with Gasteiger partial charge in [-0.05, 0) is 17.9 Å². The third-order valence-corrected chi connectivity index (χ3v) is 3.22. The van der Waals surface area contributed by atoms with E-state index in [0.29, 0.717) is 22.8 Å². The van der Waals surface area contributed by atoms with Crippen molar-refractivity contribution in [1.29, 1.82) is 0 Å². The molecule has 0 saturated carbocycles. The lowest BCUT2D eigenvalue weighted by Crippen LogP contribution is -2.29. The second-order valence-corrected chi connectivity index (χ2v) is 4.44. The molecular weight excluding hydrogens is 248 g/mol. The summed E-state index contributed by atoms with van der Waals surface area (Å²) in [7, 11) is -1.01. The van der Waals surface area contributed by atoms with Gasteiger partial charge >= 0.3 is 7.12 Å². The lowest BCUT2D eigenvalue weighted by molar-refractivity contribution is 0.270. The van der Waals surface area contributed by atoms with Gasteiger partial charge in [-0.2, -0.15) is 0 Å². The number of amides is 1. The lowest BCUT2D eigenvalue weighted by Gasteiger charge is -2.09. The molecule has 1 aliphatic heterocycles. The fraction of sp³-hybridized carbons (Fsp3) is 0.222. The Morgan fingerprint density at radius 2 is 2.44 bits per heavy atom. The molecule has 1 heterocycles. The fourth-order valence-electron chi connectivity index (χ4n) is 1.54. The van der Waals surface area contributed by atoms with E-state index >= 15 is 0 Å². The molecule has 1 aromatic carbocycles. The molecule has 0 spiro atoms. The van der Waals surface area contributed by atoms with Gasteiger partial charge in [0.1, 0.15) is 0 Å². The second kappa shape index (κ2) is 4.67. The zero-order chi connectivity index (χ0) is 11.7. The van der Waals surface area contributed by atoms with Crippen LogP contribution in [0.25, 0.3) is 0 Å². The van der Waals surface area contributed by atoms with E-state index in [-0.39, 0.29) is 5.24 Å². The molecular formula is C9H9BClNO3S. The van der Waals surface area contributed by atoms with Gasteiger partial charge in [-0.3, -0.25) is 4.79 Å². The van der Waals surface area contributed by atoms with Crippen molar-refractivity contribution < 1.29 is 14.5 Å². The Balaban J connectivity index is 2.35. The van der Waals surface area contributed by atoms with Crippen LogP contribution in [0.15, 0.2) is 12.1 Å². The molecule has 0 atom stereocenters. The summed E-state index contributed by atoms with van der Waals surface area (Å²) in [6.45, 7) is 0.340. The molecule has 16 heavy (non-hydrogen) atoms. The Hall–Kier alpha value is -0.685. The Morgan fingerprint density at radius 1 is 1.69 bits per heavy atom. The van der Waals surface area contributed by atoms with Gasteiger partial charge in [0.15, 0.2) is 0 Å². The molecule has 0 aromatic heterocycles. The average Bonchev–Trinajstić information content (AvgIpc) is 2.65. The molecule has 1 aromatic rings. The van der Waals surface area contributed by atoms with E-state index in [9.17, 15) is 9.82 Å². The molecule has 0 aliphatic carbocycles. The van der Waals surface area contributed by atoms with Gasteiger partial charge < -0.3 is 15.0 Å². The highest BCUT2D eigenvalue weighted by atomic mass is 35.5. The molecule has 7 heteroatoms. The zero-order valence-electron chi connectivity index (χ0n) is 8.49. The van der Waals surface area contributed by atoms with Crippen LogP contribution < -0.4 is 10.8 Å². The normalized spacial score (nSPS) is 13.8. The summed E-state index contributed by atoms with van der Waals surface area (Å²) in [4.78, 5) is 11.2. The van der Waals surface area contributed by atoms with Crippen LogP contribution in [0.2, 0.25) is 5.02 Å². The van der Waals surface area contributed by atoms with E-state index in [0.717, 1.165) is 17.3 Å². The van der Waals surface area contributed by atoms with Gasteiger partial charge in [0.2, 0.25) is 0 Å². The topological polar surface area (TPSA) is 58.6 Å². The van der Waals surface area contributed by atoms with Crippen LogP contribution in [-0.4, -0.2) is 23.6 Å². The molecule has 0 unspecified atom stereocenters. The van der Waals surface area contributed by atoms with Crippen molar-refractivity contribution in [3.63, 3.8) is 0 Å². The number of hydrogen-bond acceptors (Lipinski definition) is 4. The van der Waals surface area contributed by atoms with Crippen molar-refractivity contribution in [1.82, 2.24) is 0 Å². The van der Waals surface area contributed by atoms with Gasteiger partial charge in [-0.15, -0.1) is 0 Å². The van der Waals surface area contributed by atoms with Crippen LogP contribution in [-0.2, 0) is 11.3 Å². The summed E-state index contributed by atoms with van der Waals surface area (Å²) >= 11 is 7.15. The van der Waals surface area contributed by atoms with Crippen LogP contribution in [0.1, 0.15) is 5.56 Å². The quantitative estimate of drug-likeness (QED) is 0.748. The predicted molar refractivity (Wildman–Crippen MR) is 66.4 cm³/mol. The fourth-order valence-corrected chi connectivity index (χ4v) is 2.07. The number of nitrogens with one attached hydrogen (secondary N) is 1. The largest absolute Gasteiger partial charge is 0.493 e. The smallest absolute Gasteiger partial charge is 0.423 e. The van der Waals surface area contributed by atoms with Gasteiger partial charge in [0, 0.05) is 5.46 Å². The van der Waals surface area contributed by atoms with Crippen LogP contribution in [0.5, 0.6) is 0 Å². The summed E-state index contributed by atoms with van der Waals surface area (Å²) in [5.74, 6) is 0. The number of thioether (sulfide) groups is 1. The minimum Gasteiger partial charge on any atom is -0.423 e. The third-order valence-electron chi connectivity index (χ3n) is 2.34. The van der Waals surface area contributed by atoms with Crippen LogP contribution in [0.3, 0.4) is 0 Å². The maximum atomic E-state index is 11.2. The predicted octanol–water partition coefficient (Wildman–Crippen LogP) is 1.45. The summed E-state index contributed by atoms with van der Waals surface area (Å²) in [5, 5.41) is 12.3. The van der Waals surface area contributed by atoms with E-state index < -0.39 is 7.12 Å². The monoisotopic (exact) mass is 257 g/mol. The number of rotatable bonds is 1. The Morgan fingerprint density at radius 3 is 3.12 bits per heavy atom. The first kappa shape index (κ1) is 11.8. The SMILES string of the molecule is CSC(=O)Nc1ccc2c(c1Cl)B(O)OC2. The molecule has 1 aliphatic rings. The highest BCUT2D eigenvalue weighted by molar-refractivity contribution is 8.13. The number of anilines is 1. The van der Waals surface area contributed by atoms with Crippen molar-refractivity contribution in [2.75, 3.05) is 11.6 Å². The molecule has 84 valence electrons. The third kappa shape index (κ3) is 2.06. The van der Waals surface area contributed by atoms with Crippen LogP contribution in [0, 0.1) is 0 Å². The number of halogens is 1. The Kier molecular flexibility index (Phi) is 3.44. The molecule has 0 radical (unpaired) electrons. The van der Waals surface area contributed by atoms with E-state index in [2.05, 4.69) is 5.32 Å². The summed E-state index contributed by atoms with van der Waals surface area (Å²) < 4.78 is 5.04. The number of carbonyl (C=O) groups is 1. The van der Waals surface area contributed by atoms with Crippen molar-refractivity contribution in [3.05, 3.63) is 22.7 Å². The van der Waals surface area contributed by atoms with Gasteiger partial charge in [0.05, 0.1) is 17.3 Å². The Bertz CT molecular complexity index is 443. The molecule has 2 rings (SSSR count). The van der Waals surface area contributed by atoms with Crippen molar-refractivity contribution in [2.24, 2.45) is 0 Å². The van der Waals surface area contributed by atoms with Crippen LogP contribution >= 0.6 is 23.4 Å². The van der Waals surface area contributed by atoms with E-state index in [1.54, 1.807) is 18.4 Å². The van der Waals surface area contributed by atoms with E-state index in [1.807, 2.05) is 0 Å². The summed E-state index contributed by atoms with van der Waals surface area (Å²) in [6, 6.07) is 3.49. The molecule has 0 fully saturated rings. The first-order valence-corrected chi connectivity index (χ1v) is 6.19. The van der Waals surface area contributed by atoms with Crippen LogP contribution in [0.4, 0.5) is 10.5 Å². The molecule has 1 amide bonds. The summed E-state index contributed by atoms with van der Waals surface area (Å²) in [5.41, 5.74) is 1.88. The molecule has 0 bridgehead atoms. The van der Waals surface area contributed by atoms with Crippen molar-refractivity contribution >= 4 is 46.9 Å². The number of benzene rings is 1. The van der Waals surface area contributed by atoms with Gasteiger partial charge in [0.25, 0.3) is 5.24 Å². The van der Waals surface area contributed by atoms with Gasteiger partial charge in [-0.1, -0.05) is 29.4 Å². The highest BCUT2D eigenvalue weighted by Crippen LogP contribution is 2.25. The van der Waals surface area contributed by atoms with Gasteiger partial charge in [-0.25, -0.2) is 0 Å². The van der Waals surface area contributed by atoms with Crippen molar-refractivity contribution in [3.8, 4) is 0 Å². The number of fused-ring (bicyclic) bond motifs is 1. The minimum atomic E-state index is -1.01. The van der Waals surface area contributed by atoms with E-state index in [4.69, 9.17) is 16.3 Å². The highest BCUT2D eigenvalue weighted by Gasteiger charge is 2.31. The number of carbonyl (C=O) groups excluding carboxylic acids is 1. The number of hydrogen-bond donors (Lipinski definition) is 2.